The highest BCUT2D eigenvalue weighted by molar-refractivity contribution is 5.71. The van der Waals surface area contributed by atoms with Crippen LogP contribution < -0.4 is 0 Å². The van der Waals surface area contributed by atoms with Crippen LogP contribution in [0.25, 0.3) is 22.3 Å². The number of aryl methyl sites for hydroxylation is 1. The lowest BCUT2D eigenvalue weighted by atomic mass is 9.93. The third-order valence-electron chi connectivity index (χ3n) is 6.16. The summed E-state index contributed by atoms with van der Waals surface area (Å²) < 4.78 is 49.7. The molecule has 166 valence electrons. The quantitative estimate of drug-likeness (QED) is 0.355. The molecule has 3 aromatic rings. The molecule has 0 N–H and O–H groups in total. The van der Waals surface area contributed by atoms with Gasteiger partial charge in [-0.05, 0) is 59.9 Å². The van der Waals surface area contributed by atoms with E-state index in [-0.39, 0.29) is 17.5 Å². The van der Waals surface area contributed by atoms with Gasteiger partial charge in [0.25, 0.3) is 0 Å². The van der Waals surface area contributed by atoms with Crippen molar-refractivity contribution in [2.24, 2.45) is 5.92 Å². The molecule has 1 saturated heterocycles. The molecule has 4 heteroatoms. The van der Waals surface area contributed by atoms with E-state index in [0.29, 0.717) is 42.1 Å². The third kappa shape index (κ3) is 4.66. The minimum absolute atomic E-state index is 0.199. The SMILES string of the molecule is C=CCCc1ccc(-c2ccc(-c3ccc(C4CCC(C)CO4)c(F)c3)cc2)c(F)c1F. The number of ether oxygens (including phenoxy) is 1. The average molecular weight is 437 g/mol. The van der Waals surface area contributed by atoms with Crippen molar-refractivity contribution in [2.75, 3.05) is 6.61 Å². The Hall–Kier alpha value is -2.85. The Morgan fingerprint density at radius 3 is 2.28 bits per heavy atom. The van der Waals surface area contributed by atoms with Crippen LogP contribution in [-0.4, -0.2) is 6.61 Å². The maximum Gasteiger partial charge on any atom is 0.166 e. The van der Waals surface area contributed by atoms with E-state index in [1.807, 2.05) is 6.07 Å². The Balaban J connectivity index is 1.55. The van der Waals surface area contributed by atoms with Crippen LogP contribution in [0.1, 0.15) is 43.4 Å². The van der Waals surface area contributed by atoms with Crippen LogP contribution in [0.15, 0.2) is 67.3 Å². The molecule has 0 amide bonds. The number of halogens is 3. The zero-order chi connectivity index (χ0) is 22.7. The predicted octanol–water partition coefficient (Wildman–Crippen LogP) is 8.04. The van der Waals surface area contributed by atoms with Crippen molar-refractivity contribution < 1.29 is 17.9 Å². The van der Waals surface area contributed by atoms with Crippen LogP contribution in [0.3, 0.4) is 0 Å². The summed E-state index contributed by atoms with van der Waals surface area (Å²) in [4.78, 5) is 0. The molecule has 0 radical (unpaired) electrons. The Morgan fingerprint density at radius 1 is 0.906 bits per heavy atom. The molecule has 1 aliphatic heterocycles. The fraction of sp³-hybridized carbons (Fsp3) is 0.286. The van der Waals surface area contributed by atoms with Gasteiger partial charge in [0.05, 0.1) is 6.10 Å². The van der Waals surface area contributed by atoms with Crippen LogP contribution >= 0.6 is 0 Å². The van der Waals surface area contributed by atoms with Crippen molar-refractivity contribution in [2.45, 2.75) is 38.7 Å². The zero-order valence-corrected chi connectivity index (χ0v) is 18.2. The first-order valence-corrected chi connectivity index (χ1v) is 11.1. The highest BCUT2D eigenvalue weighted by atomic mass is 19.2. The minimum atomic E-state index is -0.850. The first kappa shape index (κ1) is 22.3. The van der Waals surface area contributed by atoms with Crippen LogP contribution in [0, 0.1) is 23.4 Å². The van der Waals surface area contributed by atoms with Gasteiger partial charge in [-0.25, -0.2) is 13.2 Å². The van der Waals surface area contributed by atoms with Gasteiger partial charge in [0.1, 0.15) is 5.82 Å². The van der Waals surface area contributed by atoms with E-state index in [4.69, 9.17) is 4.74 Å². The molecular weight excluding hydrogens is 409 g/mol. The van der Waals surface area contributed by atoms with Gasteiger partial charge in [-0.3, -0.25) is 0 Å². The topological polar surface area (TPSA) is 9.23 Å². The molecule has 3 aromatic carbocycles. The smallest absolute Gasteiger partial charge is 0.166 e. The molecule has 0 spiro atoms. The van der Waals surface area contributed by atoms with Gasteiger partial charge in [-0.1, -0.05) is 61.5 Å². The number of rotatable bonds is 6. The summed E-state index contributed by atoms with van der Waals surface area (Å²) in [6, 6.07) is 15.5. The highest BCUT2D eigenvalue weighted by Crippen LogP contribution is 2.34. The second-order valence-corrected chi connectivity index (χ2v) is 8.55. The largest absolute Gasteiger partial charge is 0.373 e. The van der Waals surface area contributed by atoms with Gasteiger partial charge in [-0.2, -0.15) is 0 Å². The van der Waals surface area contributed by atoms with Gasteiger partial charge in [0, 0.05) is 17.7 Å². The monoisotopic (exact) mass is 436 g/mol. The standard InChI is InChI=1S/C28H27F3O/c1-3-4-5-21-11-13-23(28(31)27(21)30)20-9-7-19(8-10-20)22-12-14-24(25(29)16-22)26-15-6-18(2)17-32-26/h3,7-14,16,18,26H,1,4-6,15,17H2,2H3. The van der Waals surface area contributed by atoms with Crippen molar-refractivity contribution in [1.29, 1.82) is 0 Å². The normalized spacial score (nSPS) is 18.5. The van der Waals surface area contributed by atoms with Crippen molar-refractivity contribution in [3.05, 3.63) is 95.8 Å². The molecule has 32 heavy (non-hydrogen) atoms. The summed E-state index contributed by atoms with van der Waals surface area (Å²) in [5, 5.41) is 0. The minimum Gasteiger partial charge on any atom is -0.373 e. The summed E-state index contributed by atoms with van der Waals surface area (Å²) in [7, 11) is 0. The molecule has 1 fully saturated rings. The summed E-state index contributed by atoms with van der Waals surface area (Å²) >= 11 is 0. The Labute approximate surface area is 187 Å². The van der Waals surface area contributed by atoms with Gasteiger partial charge in [-0.15, -0.1) is 6.58 Å². The van der Waals surface area contributed by atoms with E-state index >= 15 is 0 Å². The molecule has 1 nitrogen and oxygen atoms in total. The van der Waals surface area contributed by atoms with Gasteiger partial charge < -0.3 is 4.74 Å². The van der Waals surface area contributed by atoms with Crippen LogP contribution in [0.2, 0.25) is 0 Å². The summed E-state index contributed by atoms with van der Waals surface area (Å²) in [5.74, 6) is -1.44. The third-order valence-corrected chi connectivity index (χ3v) is 6.16. The Kier molecular flexibility index (Phi) is 6.80. The number of allylic oxidation sites excluding steroid dienone is 1. The first-order chi connectivity index (χ1) is 15.5. The van der Waals surface area contributed by atoms with Gasteiger partial charge in [0.15, 0.2) is 11.6 Å². The van der Waals surface area contributed by atoms with E-state index in [1.54, 1.807) is 48.5 Å². The average Bonchev–Trinajstić information content (AvgIpc) is 2.81. The second-order valence-electron chi connectivity index (χ2n) is 8.55. The van der Waals surface area contributed by atoms with E-state index in [1.165, 1.54) is 6.07 Å². The van der Waals surface area contributed by atoms with E-state index in [0.717, 1.165) is 24.0 Å². The second kappa shape index (κ2) is 9.74. The zero-order valence-electron chi connectivity index (χ0n) is 18.2. The Bertz CT molecular complexity index is 1100. The highest BCUT2D eigenvalue weighted by Gasteiger charge is 2.23. The van der Waals surface area contributed by atoms with Crippen LogP contribution in [-0.2, 0) is 11.2 Å². The molecule has 4 rings (SSSR count). The molecule has 0 saturated carbocycles. The van der Waals surface area contributed by atoms with Crippen molar-refractivity contribution in [1.82, 2.24) is 0 Å². The fourth-order valence-electron chi connectivity index (χ4n) is 4.20. The maximum atomic E-state index is 14.8. The number of hydrogen-bond acceptors (Lipinski definition) is 1. The van der Waals surface area contributed by atoms with Gasteiger partial charge >= 0.3 is 0 Å². The molecule has 0 aromatic heterocycles. The van der Waals surface area contributed by atoms with Crippen LogP contribution in [0.5, 0.6) is 0 Å². The van der Waals surface area contributed by atoms with E-state index in [2.05, 4.69) is 13.5 Å². The summed E-state index contributed by atoms with van der Waals surface area (Å²) in [6.45, 7) is 6.41. The lowest BCUT2D eigenvalue weighted by molar-refractivity contribution is -0.0141. The molecular formula is C28H27F3O. The molecule has 0 bridgehead atoms. The summed E-state index contributed by atoms with van der Waals surface area (Å²) in [5.41, 5.74) is 3.25. The molecule has 2 atom stereocenters. The maximum absolute atomic E-state index is 14.8. The number of hydrogen-bond donors (Lipinski definition) is 0. The van der Waals surface area contributed by atoms with Crippen molar-refractivity contribution in [3.63, 3.8) is 0 Å². The van der Waals surface area contributed by atoms with Gasteiger partial charge in [0.2, 0.25) is 0 Å². The van der Waals surface area contributed by atoms with E-state index < -0.39 is 11.6 Å². The molecule has 1 heterocycles. The molecule has 2 unspecified atom stereocenters. The molecule has 0 aliphatic carbocycles. The van der Waals surface area contributed by atoms with E-state index in [9.17, 15) is 13.2 Å². The predicted molar refractivity (Wildman–Crippen MR) is 123 cm³/mol. The number of benzene rings is 3. The van der Waals surface area contributed by atoms with Crippen molar-refractivity contribution in [3.8, 4) is 22.3 Å². The Morgan fingerprint density at radius 2 is 1.62 bits per heavy atom. The summed E-state index contributed by atoms with van der Waals surface area (Å²) in [6.07, 6.45) is 4.33. The lowest BCUT2D eigenvalue weighted by Crippen LogP contribution is -2.19. The fourth-order valence-corrected chi connectivity index (χ4v) is 4.20. The first-order valence-electron chi connectivity index (χ1n) is 11.1. The lowest BCUT2D eigenvalue weighted by Gasteiger charge is -2.27. The van der Waals surface area contributed by atoms with Crippen LogP contribution in [0.4, 0.5) is 13.2 Å². The molecule has 1 aliphatic rings. The van der Waals surface area contributed by atoms with Crippen molar-refractivity contribution >= 4 is 0 Å².